The third kappa shape index (κ3) is 2.81. The summed E-state index contributed by atoms with van der Waals surface area (Å²) in [6.45, 7) is 1.56. The molecule has 3 aromatic rings. The second kappa shape index (κ2) is 5.66. The molecule has 3 nitrogen and oxygen atoms in total. The van der Waals surface area contributed by atoms with E-state index in [1.807, 2.05) is 48.8 Å². The second-order valence-electron chi connectivity index (χ2n) is 4.76. The minimum atomic E-state index is 0.0488. The van der Waals surface area contributed by atoms with Crippen LogP contribution in [0.2, 0.25) is 0 Å². The molecule has 0 aliphatic heterocycles. The number of ketones is 1. The molecular weight excluding hydrogens is 328 g/mol. The maximum Gasteiger partial charge on any atom is 0.159 e. The number of halogens is 1. The van der Waals surface area contributed by atoms with E-state index in [4.69, 9.17) is 0 Å². The molecule has 0 N–H and O–H groups in total. The highest BCUT2D eigenvalue weighted by atomic mass is 79.9. The van der Waals surface area contributed by atoms with Gasteiger partial charge in [-0.1, -0.05) is 30.3 Å². The van der Waals surface area contributed by atoms with Crippen LogP contribution >= 0.6 is 15.9 Å². The molecule has 0 amide bonds. The first-order valence-corrected chi connectivity index (χ1v) is 7.35. The van der Waals surface area contributed by atoms with Gasteiger partial charge in [0.25, 0.3) is 0 Å². The summed E-state index contributed by atoms with van der Waals surface area (Å²) < 4.78 is 2.65. The van der Waals surface area contributed by atoms with Crippen molar-refractivity contribution >= 4 is 21.7 Å². The summed E-state index contributed by atoms with van der Waals surface area (Å²) in [6.07, 6.45) is 3.81. The van der Waals surface area contributed by atoms with E-state index in [1.165, 1.54) is 0 Å². The number of carbonyl (C=O) groups is 1. The first kappa shape index (κ1) is 13.8. The first-order valence-electron chi connectivity index (χ1n) is 6.56. The highest BCUT2D eigenvalue weighted by molar-refractivity contribution is 9.10. The molecule has 0 fully saturated rings. The largest absolute Gasteiger partial charge is 0.295 e. The van der Waals surface area contributed by atoms with E-state index in [0.29, 0.717) is 5.56 Å². The summed E-state index contributed by atoms with van der Waals surface area (Å²) >= 11 is 3.50. The van der Waals surface area contributed by atoms with Gasteiger partial charge in [0.2, 0.25) is 0 Å². The Morgan fingerprint density at radius 2 is 1.86 bits per heavy atom. The number of Topliss-reactive ketones (excluding diaryl/α,β-unsaturated/α-hetero) is 1. The molecule has 0 atom stereocenters. The van der Waals surface area contributed by atoms with Crippen molar-refractivity contribution in [3.63, 3.8) is 0 Å². The molecule has 0 unspecified atom stereocenters. The van der Waals surface area contributed by atoms with Crippen LogP contribution in [-0.4, -0.2) is 15.6 Å². The van der Waals surface area contributed by atoms with Crippen LogP contribution in [0.25, 0.3) is 16.8 Å². The molecule has 1 aromatic heterocycles. The fourth-order valence-electron chi connectivity index (χ4n) is 2.15. The van der Waals surface area contributed by atoms with Gasteiger partial charge in [-0.15, -0.1) is 0 Å². The molecule has 0 aliphatic carbocycles. The van der Waals surface area contributed by atoms with Gasteiger partial charge in [-0.2, -0.15) is 5.10 Å². The van der Waals surface area contributed by atoms with Gasteiger partial charge in [0.05, 0.1) is 11.9 Å². The van der Waals surface area contributed by atoms with Crippen molar-refractivity contribution in [2.75, 3.05) is 0 Å². The van der Waals surface area contributed by atoms with E-state index < -0.39 is 0 Å². The van der Waals surface area contributed by atoms with E-state index >= 15 is 0 Å². The lowest BCUT2D eigenvalue weighted by molar-refractivity contribution is 0.101. The van der Waals surface area contributed by atoms with E-state index in [2.05, 4.69) is 33.2 Å². The molecule has 0 radical (unpaired) electrons. The molecule has 0 aliphatic rings. The van der Waals surface area contributed by atoms with Crippen LogP contribution < -0.4 is 0 Å². The van der Waals surface area contributed by atoms with Crippen LogP contribution in [0.3, 0.4) is 0 Å². The normalized spacial score (nSPS) is 10.6. The highest BCUT2D eigenvalue weighted by Crippen LogP contribution is 2.25. The third-order valence-electron chi connectivity index (χ3n) is 3.29. The van der Waals surface area contributed by atoms with Crippen molar-refractivity contribution in [2.45, 2.75) is 6.92 Å². The van der Waals surface area contributed by atoms with Crippen LogP contribution in [-0.2, 0) is 0 Å². The van der Waals surface area contributed by atoms with Crippen molar-refractivity contribution in [2.24, 2.45) is 0 Å². The van der Waals surface area contributed by atoms with Gasteiger partial charge < -0.3 is 0 Å². The minimum Gasteiger partial charge on any atom is -0.295 e. The molecule has 0 bridgehead atoms. The molecule has 0 saturated carbocycles. The summed E-state index contributed by atoms with van der Waals surface area (Å²) in [7, 11) is 0. The Morgan fingerprint density at radius 3 is 2.52 bits per heavy atom. The van der Waals surface area contributed by atoms with E-state index in [-0.39, 0.29) is 5.78 Å². The topological polar surface area (TPSA) is 34.9 Å². The number of hydrogen-bond donors (Lipinski definition) is 0. The predicted octanol–water partition coefficient (Wildman–Crippen LogP) is 4.50. The van der Waals surface area contributed by atoms with Crippen molar-refractivity contribution in [3.05, 3.63) is 71.0 Å². The summed E-state index contributed by atoms with van der Waals surface area (Å²) in [4.78, 5) is 11.4. The van der Waals surface area contributed by atoms with Gasteiger partial charge >= 0.3 is 0 Å². The second-order valence-corrected chi connectivity index (χ2v) is 5.62. The van der Waals surface area contributed by atoms with Gasteiger partial charge in [-0.05, 0) is 46.6 Å². The van der Waals surface area contributed by atoms with E-state index in [0.717, 1.165) is 21.3 Å². The predicted molar refractivity (Wildman–Crippen MR) is 86.7 cm³/mol. The fourth-order valence-corrected chi connectivity index (χ4v) is 2.71. The average molecular weight is 341 g/mol. The Labute approximate surface area is 131 Å². The molecule has 21 heavy (non-hydrogen) atoms. The standard InChI is InChI=1S/C17H13BrN2O/c1-12(21)14-7-8-17(16(18)9-14)20-11-15(10-19-20)13-5-3-2-4-6-13/h2-11H,1H3. The smallest absolute Gasteiger partial charge is 0.159 e. The Kier molecular flexibility index (Phi) is 3.71. The average Bonchev–Trinajstić information content (AvgIpc) is 2.97. The van der Waals surface area contributed by atoms with Gasteiger partial charge in [-0.25, -0.2) is 4.68 Å². The maximum absolute atomic E-state index is 11.4. The zero-order chi connectivity index (χ0) is 14.8. The van der Waals surface area contributed by atoms with E-state index in [1.54, 1.807) is 11.6 Å². The van der Waals surface area contributed by atoms with Gasteiger partial charge in [-0.3, -0.25) is 4.79 Å². The Bertz CT molecular complexity index is 794. The quantitative estimate of drug-likeness (QED) is 0.657. The van der Waals surface area contributed by atoms with Crippen LogP contribution in [0.1, 0.15) is 17.3 Å². The lowest BCUT2D eigenvalue weighted by atomic mass is 10.1. The minimum absolute atomic E-state index is 0.0488. The zero-order valence-electron chi connectivity index (χ0n) is 11.5. The number of carbonyl (C=O) groups excluding carboxylic acids is 1. The first-order chi connectivity index (χ1) is 10.1. The Hall–Kier alpha value is -2.20. The Balaban J connectivity index is 1.99. The SMILES string of the molecule is CC(=O)c1ccc(-n2cc(-c3ccccc3)cn2)c(Br)c1. The molecule has 3 rings (SSSR count). The van der Waals surface area contributed by atoms with E-state index in [9.17, 15) is 4.79 Å². The van der Waals surface area contributed by atoms with Crippen molar-refractivity contribution < 1.29 is 4.79 Å². The molecular formula is C17H13BrN2O. The number of aromatic nitrogens is 2. The van der Waals surface area contributed by atoms with Crippen LogP contribution in [0.5, 0.6) is 0 Å². The molecule has 0 spiro atoms. The maximum atomic E-state index is 11.4. The molecule has 104 valence electrons. The van der Waals surface area contributed by atoms with Crippen LogP contribution in [0, 0.1) is 0 Å². The zero-order valence-corrected chi connectivity index (χ0v) is 13.0. The van der Waals surface area contributed by atoms with Crippen LogP contribution in [0.4, 0.5) is 0 Å². The van der Waals surface area contributed by atoms with Crippen LogP contribution in [0.15, 0.2) is 65.4 Å². The van der Waals surface area contributed by atoms with Gasteiger partial charge in [0.15, 0.2) is 5.78 Å². The molecule has 1 heterocycles. The summed E-state index contributed by atoms with van der Waals surface area (Å²) in [6, 6.07) is 15.6. The Morgan fingerprint density at radius 1 is 1.10 bits per heavy atom. The fraction of sp³-hybridized carbons (Fsp3) is 0.0588. The number of nitrogens with zero attached hydrogens (tertiary/aromatic N) is 2. The monoisotopic (exact) mass is 340 g/mol. The van der Waals surface area contributed by atoms with Crippen molar-refractivity contribution in [1.82, 2.24) is 9.78 Å². The summed E-state index contributed by atoms with van der Waals surface area (Å²) in [5.74, 6) is 0.0488. The summed E-state index contributed by atoms with van der Waals surface area (Å²) in [5, 5.41) is 4.40. The molecule has 2 aromatic carbocycles. The summed E-state index contributed by atoms with van der Waals surface area (Å²) in [5.41, 5.74) is 3.77. The highest BCUT2D eigenvalue weighted by Gasteiger charge is 2.08. The number of rotatable bonds is 3. The van der Waals surface area contributed by atoms with Crippen molar-refractivity contribution in [1.29, 1.82) is 0 Å². The molecule has 4 heteroatoms. The lowest BCUT2D eigenvalue weighted by Crippen LogP contribution is -1.98. The number of hydrogen-bond acceptors (Lipinski definition) is 2. The molecule has 0 saturated heterocycles. The number of benzene rings is 2. The lowest BCUT2D eigenvalue weighted by Gasteiger charge is -2.06. The van der Waals surface area contributed by atoms with Gasteiger partial charge in [0, 0.05) is 21.8 Å². The van der Waals surface area contributed by atoms with Gasteiger partial charge in [0.1, 0.15) is 0 Å². The third-order valence-corrected chi connectivity index (χ3v) is 3.93. The van der Waals surface area contributed by atoms with Crippen molar-refractivity contribution in [3.8, 4) is 16.8 Å².